The molecule has 0 aliphatic heterocycles. The molecular weight excluding hydrogens is 411 g/mol. The fraction of sp³-hybridized carbons (Fsp3) is 0.118. The summed E-state index contributed by atoms with van der Waals surface area (Å²) in [5, 5.41) is 12.1. The summed E-state index contributed by atoms with van der Waals surface area (Å²) in [7, 11) is 1.81. The topological polar surface area (TPSA) is 38.0 Å². The van der Waals surface area contributed by atoms with Crippen LogP contribution in [0.1, 0.15) is 17.0 Å². The third kappa shape index (κ3) is 2.45. The van der Waals surface area contributed by atoms with Crippen LogP contribution < -0.4 is 0 Å². The van der Waals surface area contributed by atoms with Crippen LogP contribution in [0.4, 0.5) is 0 Å². The second kappa shape index (κ2) is 6.02. The van der Waals surface area contributed by atoms with Crippen molar-refractivity contribution in [2.75, 3.05) is 0 Å². The van der Waals surface area contributed by atoms with E-state index in [1.807, 2.05) is 67.7 Å². The minimum absolute atomic E-state index is 0.499. The van der Waals surface area contributed by atoms with Crippen molar-refractivity contribution in [1.82, 2.24) is 9.55 Å². The maximum Gasteiger partial charge on any atom is 0.173 e. The van der Waals surface area contributed by atoms with Crippen molar-refractivity contribution in [2.45, 2.75) is 5.60 Å². The molecule has 22 heavy (non-hydrogen) atoms. The molecule has 0 spiro atoms. The molecule has 1 aromatic heterocycles. The van der Waals surface area contributed by atoms with E-state index >= 15 is 0 Å². The van der Waals surface area contributed by atoms with Crippen LogP contribution in [0.2, 0.25) is 5.15 Å². The molecule has 0 aliphatic rings. The minimum atomic E-state index is -1.36. The first kappa shape index (κ1) is 15.5. The Morgan fingerprint density at radius 2 is 1.45 bits per heavy atom. The van der Waals surface area contributed by atoms with Gasteiger partial charge in [-0.1, -0.05) is 72.3 Å². The quantitative estimate of drug-likeness (QED) is 0.646. The summed E-state index contributed by atoms with van der Waals surface area (Å²) in [5.41, 5.74) is 0.148. The van der Waals surface area contributed by atoms with E-state index in [1.54, 1.807) is 4.57 Å². The summed E-state index contributed by atoms with van der Waals surface area (Å²) in [6.45, 7) is 0. The largest absolute Gasteiger partial charge is 0.373 e. The summed E-state index contributed by atoms with van der Waals surface area (Å²) in [4.78, 5) is 4.50. The van der Waals surface area contributed by atoms with Gasteiger partial charge >= 0.3 is 0 Å². The number of nitrogens with zero attached hydrogens (tertiary/aromatic N) is 2. The van der Waals surface area contributed by atoms with E-state index in [1.165, 1.54) is 0 Å². The Morgan fingerprint density at radius 1 is 1.00 bits per heavy atom. The molecule has 3 rings (SSSR count). The van der Waals surface area contributed by atoms with Crippen molar-refractivity contribution < 1.29 is 5.11 Å². The Bertz CT molecular complexity index is 748. The van der Waals surface area contributed by atoms with E-state index in [0.717, 1.165) is 11.1 Å². The van der Waals surface area contributed by atoms with Crippen LogP contribution in [0.15, 0.2) is 60.7 Å². The third-order valence-electron chi connectivity index (χ3n) is 3.69. The normalized spacial score (nSPS) is 11.6. The molecule has 0 saturated heterocycles. The monoisotopic (exact) mass is 424 g/mol. The Kier molecular flexibility index (Phi) is 4.25. The molecule has 3 nitrogen and oxygen atoms in total. The first-order valence-corrected chi connectivity index (χ1v) is 8.22. The molecule has 5 heteroatoms. The lowest BCUT2D eigenvalue weighted by molar-refractivity contribution is 0.112. The van der Waals surface area contributed by atoms with Crippen LogP contribution in [0.5, 0.6) is 0 Å². The Hall–Kier alpha value is -1.37. The van der Waals surface area contributed by atoms with E-state index in [4.69, 9.17) is 11.6 Å². The molecule has 112 valence electrons. The van der Waals surface area contributed by atoms with Crippen LogP contribution >= 0.6 is 34.2 Å². The van der Waals surface area contributed by atoms with Gasteiger partial charge in [-0.3, -0.25) is 0 Å². The zero-order valence-corrected chi connectivity index (χ0v) is 14.8. The van der Waals surface area contributed by atoms with Crippen LogP contribution in [-0.4, -0.2) is 14.7 Å². The Labute approximate surface area is 147 Å². The zero-order chi connectivity index (χ0) is 15.7. The molecule has 0 amide bonds. The van der Waals surface area contributed by atoms with Crippen molar-refractivity contribution in [3.8, 4) is 0 Å². The number of hydrogen-bond donors (Lipinski definition) is 1. The molecule has 1 N–H and O–H groups in total. The van der Waals surface area contributed by atoms with E-state index in [-0.39, 0.29) is 0 Å². The molecule has 2 aromatic carbocycles. The average Bonchev–Trinajstić information content (AvgIpc) is 2.83. The zero-order valence-electron chi connectivity index (χ0n) is 11.9. The molecule has 1 heterocycles. The molecular formula is C17H14ClIN2O. The van der Waals surface area contributed by atoms with Crippen LogP contribution in [0, 0.1) is 3.70 Å². The van der Waals surface area contributed by atoms with Gasteiger partial charge in [0.2, 0.25) is 0 Å². The number of aromatic nitrogens is 2. The van der Waals surface area contributed by atoms with Crippen molar-refractivity contribution in [3.63, 3.8) is 0 Å². The molecule has 0 saturated carbocycles. The summed E-state index contributed by atoms with van der Waals surface area (Å²) >= 11 is 8.34. The fourth-order valence-corrected chi connectivity index (χ4v) is 3.27. The highest BCUT2D eigenvalue weighted by Gasteiger charge is 2.38. The maximum atomic E-state index is 11.6. The minimum Gasteiger partial charge on any atom is -0.373 e. The molecule has 3 aromatic rings. The summed E-state index contributed by atoms with van der Waals surface area (Å²) in [6.07, 6.45) is 0. The van der Waals surface area contributed by atoms with Gasteiger partial charge in [0.1, 0.15) is 8.85 Å². The molecule has 0 aliphatic carbocycles. The number of hydrogen-bond acceptors (Lipinski definition) is 2. The summed E-state index contributed by atoms with van der Waals surface area (Å²) < 4.78 is 2.39. The number of halogens is 2. The van der Waals surface area contributed by atoms with Crippen LogP contribution in [-0.2, 0) is 12.6 Å². The van der Waals surface area contributed by atoms with Crippen molar-refractivity contribution in [1.29, 1.82) is 0 Å². The standard InChI is InChI=1S/C17H14ClIN2O/c1-21-14(18)15(19)20-16(21)17(22,12-8-4-2-5-9-12)13-10-6-3-7-11-13/h2-11,22H,1H3. The summed E-state index contributed by atoms with van der Waals surface area (Å²) in [5.74, 6) is 0.499. The van der Waals surface area contributed by atoms with Gasteiger partial charge in [-0.25, -0.2) is 4.98 Å². The Balaban J connectivity index is 2.31. The molecule has 0 atom stereocenters. The third-order valence-corrected chi connectivity index (χ3v) is 5.20. The number of rotatable bonds is 3. The van der Waals surface area contributed by atoms with Crippen LogP contribution in [0.3, 0.4) is 0 Å². The number of imidazole rings is 1. The lowest BCUT2D eigenvalue weighted by Crippen LogP contribution is -2.32. The van der Waals surface area contributed by atoms with Gasteiger partial charge in [0.15, 0.2) is 11.4 Å². The maximum absolute atomic E-state index is 11.6. The van der Waals surface area contributed by atoms with Gasteiger partial charge in [0.05, 0.1) is 0 Å². The average molecular weight is 425 g/mol. The first-order valence-electron chi connectivity index (χ1n) is 6.76. The first-order chi connectivity index (χ1) is 10.5. The molecule has 0 fully saturated rings. The van der Waals surface area contributed by atoms with E-state index in [0.29, 0.717) is 14.7 Å². The van der Waals surface area contributed by atoms with Crippen molar-refractivity contribution in [3.05, 3.63) is 86.5 Å². The molecule has 0 bridgehead atoms. The van der Waals surface area contributed by atoms with Gasteiger partial charge in [-0.15, -0.1) is 0 Å². The van der Waals surface area contributed by atoms with Crippen molar-refractivity contribution in [2.24, 2.45) is 7.05 Å². The lowest BCUT2D eigenvalue weighted by atomic mass is 9.85. The van der Waals surface area contributed by atoms with E-state index < -0.39 is 5.60 Å². The second-order valence-electron chi connectivity index (χ2n) is 5.02. The highest BCUT2D eigenvalue weighted by Crippen LogP contribution is 2.37. The molecule has 0 unspecified atom stereocenters. The SMILES string of the molecule is Cn1c(C(O)(c2ccccc2)c2ccccc2)nc(I)c1Cl. The van der Waals surface area contributed by atoms with Gasteiger partial charge in [0.25, 0.3) is 0 Å². The Morgan fingerprint density at radius 3 is 1.82 bits per heavy atom. The van der Waals surface area contributed by atoms with Gasteiger partial charge in [0, 0.05) is 7.05 Å². The highest BCUT2D eigenvalue weighted by molar-refractivity contribution is 14.1. The second-order valence-corrected chi connectivity index (χ2v) is 6.40. The molecule has 0 radical (unpaired) electrons. The fourth-order valence-electron chi connectivity index (χ4n) is 2.55. The van der Waals surface area contributed by atoms with Crippen molar-refractivity contribution >= 4 is 34.2 Å². The smallest absolute Gasteiger partial charge is 0.173 e. The predicted molar refractivity (Wildman–Crippen MR) is 95.9 cm³/mol. The number of benzene rings is 2. The van der Waals surface area contributed by atoms with E-state index in [9.17, 15) is 5.11 Å². The van der Waals surface area contributed by atoms with Crippen LogP contribution in [0.25, 0.3) is 0 Å². The van der Waals surface area contributed by atoms with E-state index in [2.05, 4.69) is 27.6 Å². The van der Waals surface area contributed by atoms with Gasteiger partial charge < -0.3 is 9.67 Å². The van der Waals surface area contributed by atoms with Gasteiger partial charge in [-0.2, -0.15) is 0 Å². The highest BCUT2D eigenvalue weighted by atomic mass is 127. The predicted octanol–water partition coefficient (Wildman–Crippen LogP) is 3.96. The lowest BCUT2D eigenvalue weighted by Gasteiger charge is -2.28. The summed E-state index contributed by atoms with van der Waals surface area (Å²) in [6, 6.07) is 19.0. The number of aliphatic hydroxyl groups is 1. The van der Waals surface area contributed by atoms with Gasteiger partial charge in [-0.05, 0) is 33.7 Å².